The van der Waals surface area contributed by atoms with E-state index < -0.39 is 0 Å². The van der Waals surface area contributed by atoms with E-state index in [4.69, 9.17) is 13.9 Å². The number of nitrogens with zero attached hydrogens (tertiary/aromatic N) is 3. The van der Waals surface area contributed by atoms with E-state index in [0.29, 0.717) is 25.4 Å². The van der Waals surface area contributed by atoms with Gasteiger partial charge in [-0.2, -0.15) is 0 Å². The Balaban J connectivity index is 1.51. The number of rotatable bonds is 8. The Labute approximate surface area is 169 Å². The van der Waals surface area contributed by atoms with Crippen LogP contribution in [0.4, 0.5) is 0 Å². The van der Waals surface area contributed by atoms with Gasteiger partial charge in [0.05, 0.1) is 26.0 Å². The van der Waals surface area contributed by atoms with Crippen molar-refractivity contribution in [2.45, 2.75) is 32.0 Å². The Morgan fingerprint density at radius 3 is 2.86 bits per heavy atom. The molecule has 3 aromatic rings. The minimum atomic E-state index is -0.149. The standard InChI is InChI=1S/C22H25N3O4/c1-27-18-8-6-17(7-9-18)14-24-11-10-23-21(24)16-25(15-19-4-2-12-28-19)22(26)20-5-3-13-29-20/h3,5-11,13,19H,2,4,12,14-16H2,1H3. The molecule has 0 bridgehead atoms. The number of amides is 1. The number of hydrogen-bond donors (Lipinski definition) is 0. The molecule has 0 spiro atoms. The van der Waals surface area contributed by atoms with Crippen molar-refractivity contribution in [3.63, 3.8) is 0 Å². The molecule has 0 radical (unpaired) electrons. The van der Waals surface area contributed by atoms with Crippen molar-refractivity contribution in [2.24, 2.45) is 0 Å². The molecule has 2 aromatic heterocycles. The third kappa shape index (κ3) is 4.68. The lowest BCUT2D eigenvalue weighted by Gasteiger charge is -2.24. The average Bonchev–Trinajstić information content (AvgIpc) is 3.51. The van der Waals surface area contributed by atoms with Gasteiger partial charge in [-0.1, -0.05) is 12.1 Å². The summed E-state index contributed by atoms with van der Waals surface area (Å²) in [5.41, 5.74) is 1.13. The maximum Gasteiger partial charge on any atom is 0.290 e. The molecule has 0 aliphatic carbocycles. The molecular formula is C22H25N3O4. The number of furan rings is 1. The van der Waals surface area contributed by atoms with Crippen molar-refractivity contribution in [1.29, 1.82) is 0 Å². The Kier molecular flexibility index (Phi) is 5.95. The van der Waals surface area contributed by atoms with Gasteiger partial charge in [0.15, 0.2) is 5.76 Å². The van der Waals surface area contributed by atoms with Crippen LogP contribution < -0.4 is 4.74 Å². The number of imidazole rings is 1. The normalized spacial score (nSPS) is 16.1. The van der Waals surface area contributed by atoms with Crippen LogP contribution in [0.1, 0.15) is 34.8 Å². The van der Waals surface area contributed by atoms with Crippen molar-refractivity contribution in [3.05, 3.63) is 72.2 Å². The van der Waals surface area contributed by atoms with E-state index in [0.717, 1.165) is 36.6 Å². The van der Waals surface area contributed by atoms with Gasteiger partial charge in [0, 0.05) is 32.1 Å². The smallest absolute Gasteiger partial charge is 0.290 e. The van der Waals surface area contributed by atoms with Gasteiger partial charge in [-0.15, -0.1) is 0 Å². The first kappa shape index (κ1) is 19.3. The zero-order valence-electron chi connectivity index (χ0n) is 16.5. The molecule has 1 fully saturated rings. The summed E-state index contributed by atoms with van der Waals surface area (Å²) < 4.78 is 18.4. The lowest BCUT2D eigenvalue weighted by atomic mass is 10.2. The summed E-state index contributed by atoms with van der Waals surface area (Å²) in [6.07, 6.45) is 7.25. The third-order valence-electron chi connectivity index (χ3n) is 5.11. The number of hydrogen-bond acceptors (Lipinski definition) is 5. The fraction of sp³-hybridized carbons (Fsp3) is 0.364. The van der Waals surface area contributed by atoms with E-state index in [1.54, 1.807) is 30.3 Å². The average molecular weight is 395 g/mol. The van der Waals surface area contributed by atoms with E-state index >= 15 is 0 Å². The first-order valence-corrected chi connectivity index (χ1v) is 9.80. The van der Waals surface area contributed by atoms with Gasteiger partial charge in [-0.3, -0.25) is 4.79 Å². The van der Waals surface area contributed by atoms with Gasteiger partial charge in [0.25, 0.3) is 5.91 Å². The second-order valence-corrected chi connectivity index (χ2v) is 7.12. The Hall–Kier alpha value is -3.06. The molecule has 0 N–H and O–H groups in total. The van der Waals surface area contributed by atoms with Crippen molar-refractivity contribution in [1.82, 2.24) is 14.5 Å². The molecule has 0 saturated carbocycles. The van der Waals surface area contributed by atoms with Crippen LogP contribution in [0.15, 0.2) is 59.5 Å². The number of aromatic nitrogens is 2. The van der Waals surface area contributed by atoms with Crippen LogP contribution in [0.2, 0.25) is 0 Å². The van der Waals surface area contributed by atoms with E-state index in [-0.39, 0.29) is 12.0 Å². The van der Waals surface area contributed by atoms with Gasteiger partial charge < -0.3 is 23.4 Å². The second kappa shape index (κ2) is 8.96. The van der Waals surface area contributed by atoms with E-state index in [1.165, 1.54) is 6.26 Å². The number of methoxy groups -OCH3 is 1. The fourth-order valence-electron chi connectivity index (χ4n) is 3.54. The molecule has 3 heterocycles. The van der Waals surface area contributed by atoms with Crippen molar-refractivity contribution >= 4 is 5.91 Å². The molecule has 1 atom stereocenters. The minimum Gasteiger partial charge on any atom is -0.497 e. The van der Waals surface area contributed by atoms with Crippen LogP contribution in [-0.4, -0.2) is 46.7 Å². The van der Waals surface area contributed by atoms with Crippen LogP contribution >= 0.6 is 0 Å². The molecule has 1 unspecified atom stereocenters. The topological polar surface area (TPSA) is 69.7 Å². The van der Waals surface area contributed by atoms with Gasteiger partial charge in [-0.25, -0.2) is 4.98 Å². The van der Waals surface area contributed by atoms with Crippen molar-refractivity contribution in [3.8, 4) is 5.75 Å². The molecule has 4 rings (SSSR count). The summed E-state index contributed by atoms with van der Waals surface area (Å²) in [4.78, 5) is 19.2. The van der Waals surface area contributed by atoms with Crippen LogP contribution in [0.3, 0.4) is 0 Å². The highest BCUT2D eigenvalue weighted by Crippen LogP contribution is 2.18. The predicted molar refractivity (Wildman–Crippen MR) is 107 cm³/mol. The van der Waals surface area contributed by atoms with Gasteiger partial charge in [0.2, 0.25) is 0 Å². The predicted octanol–water partition coefficient (Wildman–Crippen LogP) is 3.35. The Bertz CT molecular complexity index is 912. The quantitative estimate of drug-likeness (QED) is 0.585. The number of carbonyl (C=O) groups is 1. The minimum absolute atomic E-state index is 0.0545. The van der Waals surface area contributed by atoms with Crippen LogP contribution in [0.25, 0.3) is 0 Å². The number of benzene rings is 1. The summed E-state index contributed by atoms with van der Waals surface area (Å²) in [6, 6.07) is 11.4. The van der Waals surface area contributed by atoms with E-state index in [2.05, 4.69) is 9.55 Å². The molecule has 1 amide bonds. The maximum atomic E-state index is 13.0. The van der Waals surface area contributed by atoms with Crippen LogP contribution in [0.5, 0.6) is 5.75 Å². The van der Waals surface area contributed by atoms with E-state index in [9.17, 15) is 4.79 Å². The highest BCUT2D eigenvalue weighted by atomic mass is 16.5. The first-order valence-electron chi connectivity index (χ1n) is 9.80. The monoisotopic (exact) mass is 395 g/mol. The number of ether oxygens (including phenoxy) is 2. The summed E-state index contributed by atoms with van der Waals surface area (Å²) in [7, 11) is 1.65. The largest absolute Gasteiger partial charge is 0.497 e. The Morgan fingerprint density at radius 1 is 1.31 bits per heavy atom. The summed E-state index contributed by atoms with van der Waals surface area (Å²) in [5.74, 6) is 1.82. The molecule has 1 aliphatic rings. The van der Waals surface area contributed by atoms with Gasteiger partial charge in [-0.05, 0) is 42.7 Å². The zero-order valence-corrected chi connectivity index (χ0v) is 16.5. The molecule has 7 heteroatoms. The van der Waals surface area contributed by atoms with Crippen molar-refractivity contribution < 1.29 is 18.7 Å². The third-order valence-corrected chi connectivity index (χ3v) is 5.11. The van der Waals surface area contributed by atoms with E-state index in [1.807, 2.05) is 30.5 Å². The molecule has 1 aliphatic heterocycles. The van der Waals surface area contributed by atoms with Crippen LogP contribution in [0, 0.1) is 0 Å². The first-order chi connectivity index (χ1) is 14.2. The summed E-state index contributed by atoms with van der Waals surface area (Å²) in [6.45, 7) is 2.33. The Morgan fingerprint density at radius 2 is 2.17 bits per heavy atom. The molecule has 29 heavy (non-hydrogen) atoms. The van der Waals surface area contributed by atoms with Crippen LogP contribution in [-0.2, 0) is 17.8 Å². The van der Waals surface area contributed by atoms with Crippen molar-refractivity contribution in [2.75, 3.05) is 20.3 Å². The molecule has 7 nitrogen and oxygen atoms in total. The SMILES string of the molecule is COc1ccc(Cn2ccnc2CN(CC2CCCO2)C(=O)c2ccco2)cc1. The highest BCUT2D eigenvalue weighted by Gasteiger charge is 2.26. The fourth-order valence-corrected chi connectivity index (χ4v) is 3.54. The molecule has 1 saturated heterocycles. The number of carbonyl (C=O) groups excluding carboxylic acids is 1. The molecule has 152 valence electrons. The highest BCUT2D eigenvalue weighted by molar-refractivity contribution is 5.91. The van der Waals surface area contributed by atoms with Gasteiger partial charge >= 0.3 is 0 Å². The van der Waals surface area contributed by atoms with Gasteiger partial charge in [0.1, 0.15) is 11.6 Å². The maximum absolute atomic E-state index is 13.0. The lowest BCUT2D eigenvalue weighted by Crippen LogP contribution is -2.37. The molecular weight excluding hydrogens is 370 g/mol. The molecule has 1 aromatic carbocycles. The summed E-state index contributed by atoms with van der Waals surface area (Å²) >= 11 is 0. The lowest BCUT2D eigenvalue weighted by molar-refractivity contribution is 0.0475. The second-order valence-electron chi connectivity index (χ2n) is 7.12. The zero-order chi connectivity index (χ0) is 20.1. The summed E-state index contributed by atoms with van der Waals surface area (Å²) in [5, 5.41) is 0.